The zero-order valence-electron chi connectivity index (χ0n) is 12.2. The molecule has 1 aromatic rings. The summed E-state index contributed by atoms with van der Waals surface area (Å²) in [6.07, 6.45) is 1.15. The molecule has 0 aliphatic rings. The monoisotopic (exact) mass is 310 g/mol. The zero-order valence-corrected chi connectivity index (χ0v) is 12.2. The lowest BCUT2D eigenvalue weighted by molar-refractivity contribution is -0.385. The van der Waals surface area contributed by atoms with Crippen LogP contribution in [0.2, 0.25) is 0 Å². The van der Waals surface area contributed by atoms with Gasteiger partial charge in [-0.3, -0.25) is 19.7 Å². The molecule has 0 radical (unpaired) electrons. The molecular weight excluding hydrogens is 292 g/mol. The van der Waals surface area contributed by atoms with Gasteiger partial charge >= 0.3 is 11.7 Å². The highest BCUT2D eigenvalue weighted by molar-refractivity contribution is 5.78. The number of hydrogen-bond donors (Lipinski definition) is 2. The van der Waals surface area contributed by atoms with Crippen LogP contribution in [0.1, 0.15) is 19.8 Å². The van der Waals surface area contributed by atoms with Gasteiger partial charge in [0.2, 0.25) is 0 Å². The summed E-state index contributed by atoms with van der Waals surface area (Å²) in [6.45, 7) is 1.45. The topological polar surface area (TPSA) is 119 Å². The average molecular weight is 310 g/mol. The van der Waals surface area contributed by atoms with E-state index in [0.717, 1.165) is 0 Å². The third-order valence-corrected chi connectivity index (χ3v) is 2.95. The minimum absolute atomic E-state index is 0.00223. The molecule has 0 saturated carbocycles. The Morgan fingerprint density at radius 1 is 1.41 bits per heavy atom. The molecule has 0 spiro atoms. The van der Waals surface area contributed by atoms with Crippen LogP contribution in [0.25, 0.3) is 0 Å². The van der Waals surface area contributed by atoms with Crippen LogP contribution in [0.3, 0.4) is 0 Å². The molecule has 22 heavy (non-hydrogen) atoms. The summed E-state index contributed by atoms with van der Waals surface area (Å²) in [4.78, 5) is 32.8. The third kappa shape index (κ3) is 5.39. The fourth-order valence-corrected chi connectivity index (χ4v) is 1.82. The van der Waals surface area contributed by atoms with Crippen molar-refractivity contribution in [3.8, 4) is 5.75 Å². The number of rotatable bonds is 9. The predicted octanol–water partition coefficient (Wildman–Crippen LogP) is 1.59. The standard InChI is InChI=1S/C14H18N2O6/c1-2-5-10(14(18)19)8-15-13(17)9-22-12-7-4-3-6-11(12)16(20)21/h3-4,6-7,10H,2,5,8-9H2,1H3,(H,15,17)(H,18,19). The number of para-hydroxylation sites is 2. The van der Waals surface area contributed by atoms with Crippen LogP contribution >= 0.6 is 0 Å². The summed E-state index contributed by atoms with van der Waals surface area (Å²) in [5.41, 5.74) is -0.232. The van der Waals surface area contributed by atoms with Crippen LogP contribution in [-0.4, -0.2) is 35.1 Å². The molecule has 2 N–H and O–H groups in total. The van der Waals surface area contributed by atoms with Crippen LogP contribution in [0, 0.1) is 16.0 Å². The van der Waals surface area contributed by atoms with Crippen LogP contribution in [0.15, 0.2) is 24.3 Å². The van der Waals surface area contributed by atoms with Gasteiger partial charge in [0.1, 0.15) is 0 Å². The van der Waals surface area contributed by atoms with Gasteiger partial charge in [-0.2, -0.15) is 0 Å². The van der Waals surface area contributed by atoms with Gasteiger partial charge < -0.3 is 15.2 Å². The lowest BCUT2D eigenvalue weighted by Crippen LogP contribution is -2.35. The fourth-order valence-electron chi connectivity index (χ4n) is 1.82. The fraction of sp³-hybridized carbons (Fsp3) is 0.429. The van der Waals surface area contributed by atoms with Crippen molar-refractivity contribution >= 4 is 17.6 Å². The van der Waals surface area contributed by atoms with E-state index in [0.29, 0.717) is 12.8 Å². The van der Waals surface area contributed by atoms with E-state index < -0.39 is 29.3 Å². The number of nitro groups is 1. The summed E-state index contributed by atoms with van der Waals surface area (Å²) < 4.78 is 5.11. The maximum absolute atomic E-state index is 11.6. The molecule has 0 bridgehead atoms. The largest absolute Gasteiger partial charge is 0.481 e. The predicted molar refractivity (Wildman–Crippen MR) is 77.6 cm³/mol. The Labute approximate surface area is 127 Å². The number of carboxylic acid groups (broad SMARTS) is 1. The van der Waals surface area contributed by atoms with Crippen molar-refractivity contribution in [3.05, 3.63) is 34.4 Å². The van der Waals surface area contributed by atoms with Gasteiger partial charge in [-0.25, -0.2) is 0 Å². The molecule has 1 amide bonds. The van der Waals surface area contributed by atoms with E-state index in [1.165, 1.54) is 18.2 Å². The number of carbonyl (C=O) groups is 2. The van der Waals surface area contributed by atoms with Gasteiger partial charge in [-0.1, -0.05) is 25.5 Å². The Balaban J connectivity index is 2.50. The van der Waals surface area contributed by atoms with Gasteiger partial charge in [-0.05, 0) is 12.5 Å². The van der Waals surface area contributed by atoms with Gasteiger partial charge in [0.15, 0.2) is 12.4 Å². The first-order chi connectivity index (χ1) is 10.5. The SMILES string of the molecule is CCCC(CNC(=O)COc1ccccc1[N+](=O)[O-])C(=O)O. The maximum atomic E-state index is 11.6. The van der Waals surface area contributed by atoms with Gasteiger partial charge in [0.05, 0.1) is 10.8 Å². The van der Waals surface area contributed by atoms with Crippen LogP contribution in [-0.2, 0) is 9.59 Å². The molecule has 120 valence electrons. The summed E-state index contributed by atoms with van der Waals surface area (Å²) >= 11 is 0. The first-order valence-electron chi connectivity index (χ1n) is 6.81. The highest BCUT2D eigenvalue weighted by Crippen LogP contribution is 2.25. The summed E-state index contributed by atoms with van der Waals surface area (Å²) in [6, 6.07) is 5.71. The molecule has 0 aliphatic heterocycles. The number of carboxylic acids is 1. The quantitative estimate of drug-likeness (QED) is 0.528. The second-order valence-electron chi connectivity index (χ2n) is 4.64. The highest BCUT2D eigenvalue weighted by Gasteiger charge is 2.18. The number of aliphatic carboxylic acids is 1. The first kappa shape index (κ1) is 17.4. The van der Waals surface area contributed by atoms with Crippen molar-refractivity contribution < 1.29 is 24.4 Å². The van der Waals surface area contributed by atoms with Crippen molar-refractivity contribution in [3.63, 3.8) is 0 Å². The molecule has 1 rings (SSSR count). The smallest absolute Gasteiger partial charge is 0.310 e. The number of nitrogens with one attached hydrogen (secondary N) is 1. The van der Waals surface area contributed by atoms with Crippen molar-refractivity contribution in [2.45, 2.75) is 19.8 Å². The molecule has 0 heterocycles. The van der Waals surface area contributed by atoms with E-state index in [4.69, 9.17) is 9.84 Å². The van der Waals surface area contributed by atoms with Crippen molar-refractivity contribution in [2.24, 2.45) is 5.92 Å². The van der Waals surface area contributed by atoms with E-state index in [1.807, 2.05) is 6.92 Å². The van der Waals surface area contributed by atoms with E-state index in [2.05, 4.69) is 5.32 Å². The number of nitrogens with zero attached hydrogens (tertiary/aromatic N) is 1. The first-order valence-corrected chi connectivity index (χ1v) is 6.81. The van der Waals surface area contributed by atoms with E-state index in [9.17, 15) is 19.7 Å². The normalized spacial score (nSPS) is 11.5. The molecule has 0 fully saturated rings. The van der Waals surface area contributed by atoms with Crippen molar-refractivity contribution in [1.29, 1.82) is 0 Å². The molecule has 1 unspecified atom stereocenters. The van der Waals surface area contributed by atoms with E-state index in [1.54, 1.807) is 6.07 Å². The third-order valence-electron chi connectivity index (χ3n) is 2.95. The Morgan fingerprint density at radius 3 is 2.68 bits per heavy atom. The van der Waals surface area contributed by atoms with Gasteiger partial charge in [0.25, 0.3) is 5.91 Å². The Bertz CT molecular complexity index is 546. The number of ether oxygens (including phenoxy) is 1. The molecule has 1 atom stereocenters. The van der Waals surface area contributed by atoms with Gasteiger partial charge in [-0.15, -0.1) is 0 Å². The minimum Gasteiger partial charge on any atom is -0.481 e. The molecule has 1 aromatic carbocycles. The molecule has 0 saturated heterocycles. The van der Waals surface area contributed by atoms with E-state index in [-0.39, 0.29) is 18.0 Å². The minimum atomic E-state index is -0.971. The Hall–Kier alpha value is -2.64. The average Bonchev–Trinajstić information content (AvgIpc) is 2.49. The molecule has 8 heteroatoms. The lowest BCUT2D eigenvalue weighted by atomic mass is 10.0. The number of amides is 1. The number of nitro benzene ring substituents is 1. The number of benzene rings is 1. The lowest BCUT2D eigenvalue weighted by Gasteiger charge is -2.12. The summed E-state index contributed by atoms with van der Waals surface area (Å²) in [7, 11) is 0. The molecule has 0 aliphatic carbocycles. The van der Waals surface area contributed by atoms with Crippen LogP contribution in [0.5, 0.6) is 5.75 Å². The Morgan fingerprint density at radius 2 is 2.09 bits per heavy atom. The maximum Gasteiger partial charge on any atom is 0.310 e. The highest BCUT2D eigenvalue weighted by atomic mass is 16.6. The second-order valence-corrected chi connectivity index (χ2v) is 4.64. The van der Waals surface area contributed by atoms with Crippen LogP contribution in [0.4, 0.5) is 5.69 Å². The summed E-state index contributed by atoms with van der Waals surface area (Å²) in [5.74, 6) is -2.16. The van der Waals surface area contributed by atoms with Gasteiger partial charge in [0, 0.05) is 12.6 Å². The second kappa shape index (κ2) is 8.60. The number of hydrogen-bond acceptors (Lipinski definition) is 5. The molecule has 0 aromatic heterocycles. The summed E-state index contributed by atoms with van der Waals surface area (Å²) in [5, 5.41) is 22.2. The van der Waals surface area contributed by atoms with Crippen molar-refractivity contribution in [1.82, 2.24) is 5.32 Å². The zero-order chi connectivity index (χ0) is 16.5. The number of carbonyl (C=O) groups excluding carboxylic acids is 1. The van der Waals surface area contributed by atoms with Crippen LogP contribution < -0.4 is 10.1 Å². The van der Waals surface area contributed by atoms with Crippen molar-refractivity contribution in [2.75, 3.05) is 13.2 Å². The molecular formula is C14H18N2O6. The molecule has 8 nitrogen and oxygen atoms in total. The Kier molecular flexibility index (Phi) is 6.81. The van der Waals surface area contributed by atoms with E-state index >= 15 is 0 Å².